The Balaban J connectivity index is 1.33. The van der Waals surface area contributed by atoms with Crippen molar-refractivity contribution in [2.24, 2.45) is 28.6 Å². The lowest BCUT2D eigenvalue weighted by Crippen LogP contribution is -2.50. The number of hydrogen-bond acceptors (Lipinski definition) is 3. The van der Waals surface area contributed by atoms with Crippen molar-refractivity contribution in [3.63, 3.8) is 0 Å². The van der Waals surface area contributed by atoms with Crippen LogP contribution in [-0.4, -0.2) is 9.86 Å². The quantitative estimate of drug-likeness (QED) is 0.418. The largest absolute Gasteiger partial charge is 0.299 e. The van der Waals surface area contributed by atoms with Gasteiger partial charge in [0.1, 0.15) is 9.86 Å². The lowest BCUT2D eigenvalue weighted by Gasteiger charge is -2.56. The van der Waals surface area contributed by atoms with E-state index in [1.54, 1.807) is 5.57 Å². The van der Waals surface area contributed by atoms with Gasteiger partial charge >= 0.3 is 0 Å². The molecule has 6 rings (SSSR count). The number of carbonyl (C=O) groups is 1. The van der Waals surface area contributed by atoms with Crippen LogP contribution in [0.25, 0.3) is 0 Å². The van der Waals surface area contributed by atoms with Crippen LogP contribution in [0.15, 0.2) is 53.0 Å². The first kappa shape index (κ1) is 18.8. The van der Waals surface area contributed by atoms with Crippen LogP contribution < -0.4 is 0 Å². The Morgan fingerprint density at radius 2 is 1.86 bits per heavy atom. The molecular weight excluding hydrogens is 392 g/mol. The molecule has 3 fully saturated rings. The zero-order chi connectivity index (χ0) is 19.9. The first-order valence-corrected chi connectivity index (χ1v) is 13.1. The molecule has 152 valence electrons. The molecule has 1 nitrogen and oxygen atoms in total. The third kappa shape index (κ3) is 2.59. The highest BCUT2D eigenvalue weighted by molar-refractivity contribution is 8.19. The van der Waals surface area contributed by atoms with Crippen LogP contribution in [0.5, 0.6) is 0 Å². The molecule has 0 amide bonds. The summed E-state index contributed by atoms with van der Waals surface area (Å²) in [7, 11) is 0. The van der Waals surface area contributed by atoms with E-state index in [4.69, 9.17) is 0 Å². The Kier molecular flexibility index (Phi) is 4.08. The average Bonchev–Trinajstić information content (AvgIpc) is 3.03. The minimum absolute atomic E-state index is 0.0167. The molecule has 5 aliphatic rings. The SMILES string of the molecule is C[C@]12C=C[C@@]3(C=C1CC[C@@H]1[C@@H]2CC[C@]2(C)C(=O)CC[C@@H]12)SCc1ccccc1S3. The molecule has 0 N–H and O–H groups in total. The molecule has 29 heavy (non-hydrogen) atoms. The van der Waals surface area contributed by atoms with Gasteiger partial charge in [0, 0.05) is 27.9 Å². The lowest BCUT2D eigenvalue weighted by atomic mass is 9.48. The normalized spacial score (nSPS) is 45.2. The Labute approximate surface area is 183 Å². The maximum Gasteiger partial charge on any atom is 0.139 e. The molecule has 1 heterocycles. The number of hydrogen-bond donors (Lipinski definition) is 0. The van der Waals surface area contributed by atoms with Gasteiger partial charge < -0.3 is 0 Å². The summed E-state index contributed by atoms with van der Waals surface area (Å²) in [4.78, 5) is 14.1. The van der Waals surface area contributed by atoms with Gasteiger partial charge in [-0.05, 0) is 61.5 Å². The van der Waals surface area contributed by atoms with E-state index in [1.807, 2.05) is 11.8 Å². The molecule has 3 saturated carbocycles. The van der Waals surface area contributed by atoms with Crippen LogP contribution in [0, 0.1) is 28.6 Å². The molecule has 3 heteroatoms. The summed E-state index contributed by atoms with van der Waals surface area (Å²) in [5.41, 5.74) is 3.33. The van der Waals surface area contributed by atoms with Crippen molar-refractivity contribution in [2.45, 2.75) is 67.1 Å². The van der Waals surface area contributed by atoms with Crippen molar-refractivity contribution in [1.29, 1.82) is 0 Å². The van der Waals surface area contributed by atoms with Gasteiger partial charge in [-0.2, -0.15) is 0 Å². The molecular formula is C26H30OS2. The summed E-state index contributed by atoms with van der Waals surface area (Å²) < 4.78 is 0.0720. The minimum atomic E-state index is -0.0167. The molecule has 4 aliphatic carbocycles. The summed E-state index contributed by atoms with van der Waals surface area (Å²) >= 11 is 4.12. The fourth-order valence-corrected chi connectivity index (χ4v) is 10.2. The van der Waals surface area contributed by atoms with Gasteiger partial charge in [-0.15, -0.1) is 11.8 Å². The van der Waals surface area contributed by atoms with Gasteiger partial charge in [0.15, 0.2) is 0 Å². The van der Waals surface area contributed by atoms with Crippen molar-refractivity contribution in [1.82, 2.24) is 0 Å². The summed E-state index contributed by atoms with van der Waals surface area (Å²) in [5, 5.41) is 0. The number of rotatable bonds is 0. The molecule has 6 atom stereocenters. The maximum atomic E-state index is 12.6. The van der Waals surface area contributed by atoms with Gasteiger partial charge in [-0.3, -0.25) is 4.79 Å². The number of fused-ring (bicyclic) bond motifs is 6. The monoisotopic (exact) mass is 422 g/mol. The van der Waals surface area contributed by atoms with E-state index in [-0.39, 0.29) is 14.9 Å². The Morgan fingerprint density at radius 1 is 1.00 bits per heavy atom. The average molecular weight is 423 g/mol. The topological polar surface area (TPSA) is 17.1 Å². The maximum absolute atomic E-state index is 12.6. The Hall–Kier alpha value is -0.930. The third-order valence-electron chi connectivity index (χ3n) is 9.09. The van der Waals surface area contributed by atoms with Crippen LogP contribution in [-0.2, 0) is 10.5 Å². The molecule has 0 unspecified atom stereocenters. The van der Waals surface area contributed by atoms with Gasteiger partial charge in [0.25, 0.3) is 0 Å². The summed E-state index contributed by atoms with van der Waals surface area (Å²) in [5.74, 6) is 3.73. The fraction of sp³-hybridized carbons (Fsp3) is 0.577. The number of allylic oxidation sites excluding steroid dienone is 2. The fourth-order valence-electron chi connectivity index (χ4n) is 7.34. The van der Waals surface area contributed by atoms with Crippen LogP contribution in [0.4, 0.5) is 0 Å². The molecule has 1 aliphatic heterocycles. The number of Topliss-reactive ketones (excluding diaryl/α,β-unsaturated/α-hetero) is 1. The van der Waals surface area contributed by atoms with E-state index in [0.717, 1.165) is 30.9 Å². The number of carbonyl (C=O) groups excluding carboxylic acids is 1. The van der Waals surface area contributed by atoms with E-state index in [9.17, 15) is 4.79 Å². The van der Waals surface area contributed by atoms with Crippen molar-refractivity contribution >= 4 is 29.3 Å². The van der Waals surface area contributed by atoms with E-state index in [2.05, 4.69) is 68.1 Å². The molecule has 1 spiro atoms. The van der Waals surface area contributed by atoms with E-state index in [1.165, 1.54) is 29.7 Å². The zero-order valence-corrected chi connectivity index (χ0v) is 19.1. The predicted octanol–water partition coefficient (Wildman–Crippen LogP) is 7.03. The molecule has 0 saturated heterocycles. The van der Waals surface area contributed by atoms with Crippen molar-refractivity contribution in [3.05, 3.63) is 53.6 Å². The van der Waals surface area contributed by atoms with Gasteiger partial charge in [0.05, 0.1) is 0 Å². The second kappa shape index (κ2) is 6.29. The first-order chi connectivity index (χ1) is 13.9. The number of benzene rings is 1. The highest BCUT2D eigenvalue weighted by Crippen LogP contribution is 2.65. The van der Waals surface area contributed by atoms with Gasteiger partial charge in [0.2, 0.25) is 0 Å². The second-order valence-corrected chi connectivity index (χ2v) is 13.2. The van der Waals surface area contributed by atoms with Crippen LogP contribution >= 0.6 is 23.5 Å². The van der Waals surface area contributed by atoms with Crippen molar-refractivity contribution in [3.8, 4) is 0 Å². The third-order valence-corrected chi connectivity index (χ3v) is 12.0. The highest BCUT2D eigenvalue weighted by Gasteiger charge is 2.59. The zero-order valence-electron chi connectivity index (χ0n) is 17.4. The minimum Gasteiger partial charge on any atom is -0.299 e. The standard InChI is InChI=1S/C26H30OS2/c1-24-13-14-26(28-16-17-5-3-4-6-22(17)29-26)15-18(24)7-8-19-20-9-10-23(27)25(20,2)12-11-21(19)24/h3-6,13-15,19-21H,7-12,16H2,1-2H3/t19-,20-,21-,24-,25-,26+/m0/s1. The molecule has 1 aromatic carbocycles. The summed E-state index contributed by atoms with van der Waals surface area (Å²) in [6, 6.07) is 8.90. The van der Waals surface area contributed by atoms with Crippen LogP contribution in [0.1, 0.15) is 57.9 Å². The molecule has 1 aromatic rings. The van der Waals surface area contributed by atoms with Crippen LogP contribution in [0.2, 0.25) is 0 Å². The van der Waals surface area contributed by atoms with E-state index < -0.39 is 0 Å². The predicted molar refractivity (Wildman–Crippen MR) is 123 cm³/mol. The highest BCUT2D eigenvalue weighted by atomic mass is 32.2. The summed E-state index contributed by atoms with van der Waals surface area (Å²) in [6.07, 6.45) is 14.6. The van der Waals surface area contributed by atoms with Gasteiger partial charge in [-0.1, -0.05) is 67.6 Å². The number of ketones is 1. The Bertz CT molecular complexity index is 948. The summed E-state index contributed by atoms with van der Waals surface area (Å²) in [6.45, 7) is 4.79. The molecule has 0 aromatic heterocycles. The van der Waals surface area contributed by atoms with Crippen LogP contribution in [0.3, 0.4) is 0 Å². The van der Waals surface area contributed by atoms with E-state index in [0.29, 0.717) is 17.6 Å². The lowest BCUT2D eigenvalue weighted by molar-refractivity contribution is -0.131. The second-order valence-electron chi connectivity index (χ2n) is 10.3. The van der Waals surface area contributed by atoms with Crippen molar-refractivity contribution in [2.75, 3.05) is 0 Å². The smallest absolute Gasteiger partial charge is 0.139 e. The van der Waals surface area contributed by atoms with E-state index >= 15 is 0 Å². The molecule has 0 radical (unpaired) electrons. The van der Waals surface area contributed by atoms with Gasteiger partial charge in [-0.25, -0.2) is 0 Å². The first-order valence-electron chi connectivity index (χ1n) is 11.3. The molecule has 0 bridgehead atoms. The van der Waals surface area contributed by atoms with Crippen molar-refractivity contribution < 1.29 is 4.79 Å². The Morgan fingerprint density at radius 3 is 2.76 bits per heavy atom. The number of thioether (sulfide) groups is 2.